The zero-order valence-electron chi connectivity index (χ0n) is 11.8. The summed E-state index contributed by atoms with van der Waals surface area (Å²) in [7, 11) is 1.53. The van der Waals surface area contributed by atoms with Crippen molar-refractivity contribution in [3.8, 4) is 5.75 Å². The minimum atomic E-state index is -0.385. The summed E-state index contributed by atoms with van der Waals surface area (Å²) >= 11 is 3.35. The molecule has 0 atom stereocenters. The summed E-state index contributed by atoms with van der Waals surface area (Å²) in [6, 6.07) is 4.47. The number of benzene rings is 1. The van der Waals surface area contributed by atoms with Gasteiger partial charge >= 0.3 is 0 Å². The molecule has 0 saturated heterocycles. The highest BCUT2D eigenvalue weighted by molar-refractivity contribution is 9.10. The molecule has 0 bridgehead atoms. The largest absolute Gasteiger partial charge is 0.497 e. The van der Waals surface area contributed by atoms with Crippen molar-refractivity contribution in [1.82, 2.24) is 9.97 Å². The lowest BCUT2D eigenvalue weighted by molar-refractivity contribution is 0.414. The van der Waals surface area contributed by atoms with Gasteiger partial charge in [-0.25, -0.2) is 9.37 Å². The van der Waals surface area contributed by atoms with Gasteiger partial charge in [0.15, 0.2) is 0 Å². The SMILES string of the molecule is CCCNc1ncc(Br)c(Nc2cc(OC)ccc2F)n1. The van der Waals surface area contributed by atoms with Crippen LogP contribution in [0.3, 0.4) is 0 Å². The van der Waals surface area contributed by atoms with Crippen LogP contribution in [0.5, 0.6) is 5.75 Å². The van der Waals surface area contributed by atoms with Crippen LogP contribution in [0.15, 0.2) is 28.9 Å². The number of aromatic nitrogens is 2. The van der Waals surface area contributed by atoms with E-state index in [1.165, 1.54) is 13.2 Å². The number of nitrogens with zero attached hydrogens (tertiary/aromatic N) is 2. The minimum absolute atomic E-state index is 0.287. The van der Waals surface area contributed by atoms with Crippen LogP contribution in [0, 0.1) is 5.82 Å². The molecule has 21 heavy (non-hydrogen) atoms. The van der Waals surface area contributed by atoms with Crippen LogP contribution in [0.2, 0.25) is 0 Å². The molecule has 0 aliphatic heterocycles. The second kappa shape index (κ2) is 7.21. The van der Waals surface area contributed by atoms with Gasteiger partial charge in [0.05, 0.1) is 17.3 Å². The third-order valence-corrected chi connectivity index (χ3v) is 3.28. The standard InChI is InChI=1S/C14H16BrFN4O/c1-3-6-17-14-18-8-10(15)13(20-14)19-12-7-9(21-2)4-5-11(12)16/h4-5,7-8H,3,6H2,1-2H3,(H2,17,18,19,20). The Bertz CT molecular complexity index is 624. The summed E-state index contributed by atoms with van der Waals surface area (Å²) in [4.78, 5) is 8.46. The molecule has 1 heterocycles. The number of halogens is 2. The van der Waals surface area contributed by atoms with Gasteiger partial charge in [-0.05, 0) is 34.5 Å². The van der Waals surface area contributed by atoms with Crippen LogP contribution in [0.25, 0.3) is 0 Å². The van der Waals surface area contributed by atoms with Crippen molar-refractivity contribution >= 4 is 33.4 Å². The van der Waals surface area contributed by atoms with E-state index in [1.807, 2.05) is 0 Å². The first-order valence-electron chi connectivity index (χ1n) is 6.51. The Morgan fingerprint density at radius 2 is 2.19 bits per heavy atom. The first kappa shape index (κ1) is 15.5. The predicted molar refractivity (Wildman–Crippen MR) is 84.7 cm³/mol. The Labute approximate surface area is 131 Å². The van der Waals surface area contributed by atoms with Crippen molar-refractivity contribution in [2.24, 2.45) is 0 Å². The molecule has 1 aromatic heterocycles. The number of ether oxygens (including phenoxy) is 1. The lowest BCUT2D eigenvalue weighted by Gasteiger charge is -2.11. The second-order valence-electron chi connectivity index (χ2n) is 4.29. The van der Waals surface area contributed by atoms with Gasteiger partial charge in [-0.3, -0.25) is 0 Å². The molecule has 7 heteroatoms. The molecule has 0 aliphatic rings. The van der Waals surface area contributed by atoms with Gasteiger partial charge < -0.3 is 15.4 Å². The van der Waals surface area contributed by atoms with Crippen molar-refractivity contribution < 1.29 is 9.13 Å². The van der Waals surface area contributed by atoms with Crippen LogP contribution >= 0.6 is 15.9 Å². The minimum Gasteiger partial charge on any atom is -0.497 e. The van der Waals surface area contributed by atoms with Crippen molar-refractivity contribution in [2.75, 3.05) is 24.3 Å². The van der Waals surface area contributed by atoms with Crippen molar-refractivity contribution in [3.63, 3.8) is 0 Å². The Kier molecular flexibility index (Phi) is 5.32. The number of rotatable bonds is 6. The summed E-state index contributed by atoms with van der Waals surface area (Å²) in [5.41, 5.74) is 0.287. The molecular formula is C14H16BrFN4O. The van der Waals surface area contributed by atoms with Crippen LogP contribution in [0.1, 0.15) is 13.3 Å². The highest BCUT2D eigenvalue weighted by Gasteiger charge is 2.09. The summed E-state index contributed by atoms with van der Waals surface area (Å²) in [6.07, 6.45) is 2.58. The smallest absolute Gasteiger partial charge is 0.224 e. The van der Waals surface area contributed by atoms with Crippen LogP contribution in [-0.4, -0.2) is 23.6 Å². The molecule has 0 radical (unpaired) electrons. The van der Waals surface area contributed by atoms with E-state index in [9.17, 15) is 4.39 Å². The van der Waals surface area contributed by atoms with Gasteiger partial charge in [0, 0.05) is 18.8 Å². The number of methoxy groups -OCH3 is 1. The van der Waals surface area contributed by atoms with Crippen molar-refractivity contribution in [2.45, 2.75) is 13.3 Å². The molecular weight excluding hydrogens is 339 g/mol. The molecule has 2 N–H and O–H groups in total. The maximum absolute atomic E-state index is 13.8. The number of hydrogen-bond acceptors (Lipinski definition) is 5. The summed E-state index contributed by atoms with van der Waals surface area (Å²) in [5, 5.41) is 6.02. The van der Waals surface area contributed by atoms with Crippen molar-refractivity contribution in [3.05, 3.63) is 34.7 Å². The molecule has 2 aromatic rings. The van der Waals surface area contributed by atoms with Crippen LogP contribution in [0.4, 0.5) is 21.8 Å². The van der Waals surface area contributed by atoms with Crippen molar-refractivity contribution in [1.29, 1.82) is 0 Å². The highest BCUT2D eigenvalue weighted by Crippen LogP contribution is 2.28. The van der Waals surface area contributed by atoms with E-state index < -0.39 is 0 Å². The number of anilines is 3. The lowest BCUT2D eigenvalue weighted by Crippen LogP contribution is -2.06. The maximum atomic E-state index is 13.8. The van der Waals surface area contributed by atoms with E-state index in [0.717, 1.165) is 13.0 Å². The first-order valence-corrected chi connectivity index (χ1v) is 7.30. The zero-order chi connectivity index (χ0) is 15.2. The molecule has 0 amide bonds. The summed E-state index contributed by atoms with van der Waals surface area (Å²) in [6.45, 7) is 2.82. The fraction of sp³-hybridized carbons (Fsp3) is 0.286. The Morgan fingerprint density at radius 3 is 2.90 bits per heavy atom. The third kappa shape index (κ3) is 4.04. The van der Waals surface area contributed by atoms with Crippen LogP contribution in [-0.2, 0) is 0 Å². The monoisotopic (exact) mass is 354 g/mol. The van der Waals surface area contributed by atoms with Gasteiger partial charge in [0.2, 0.25) is 5.95 Å². The van der Waals surface area contributed by atoms with E-state index >= 15 is 0 Å². The number of nitrogens with one attached hydrogen (secondary N) is 2. The first-order chi connectivity index (χ1) is 10.1. The molecule has 0 unspecified atom stereocenters. The van der Waals surface area contributed by atoms with E-state index in [-0.39, 0.29) is 11.5 Å². The Morgan fingerprint density at radius 1 is 1.38 bits per heavy atom. The van der Waals surface area contributed by atoms with Gasteiger partial charge in [-0.15, -0.1) is 0 Å². The Hall–Kier alpha value is -1.89. The zero-order valence-corrected chi connectivity index (χ0v) is 13.4. The topological polar surface area (TPSA) is 59.1 Å². The Balaban J connectivity index is 2.26. The summed E-state index contributed by atoms with van der Waals surface area (Å²) in [5.74, 6) is 1.15. The molecule has 0 spiro atoms. The van der Waals surface area contributed by atoms with E-state index in [4.69, 9.17) is 4.74 Å². The van der Waals surface area contributed by atoms with Gasteiger partial charge in [0.1, 0.15) is 17.4 Å². The van der Waals surface area contributed by atoms with E-state index in [2.05, 4.69) is 43.5 Å². The second-order valence-corrected chi connectivity index (χ2v) is 5.14. The molecule has 0 saturated carbocycles. The van der Waals surface area contributed by atoms with Gasteiger partial charge in [-0.1, -0.05) is 6.92 Å². The maximum Gasteiger partial charge on any atom is 0.224 e. The fourth-order valence-corrected chi connectivity index (χ4v) is 1.92. The van der Waals surface area contributed by atoms with E-state index in [0.29, 0.717) is 22.0 Å². The average molecular weight is 355 g/mol. The fourth-order valence-electron chi connectivity index (χ4n) is 1.63. The molecule has 2 rings (SSSR count). The van der Waals surface area contributed by atoms with E-state index in [1.54, 1.807) is 18.3 Å². The lowest BCUT2D eigenvalue weighted by atomic mass is 10.3. The average Bonchev–Trinajstić information content (AvgIpc) is 2.50. The van der Waals surface area contributed by atoms with Gasteiger partial charge in [-0.2, -0.15) is 4.98 Å². The normalized spacial score (nSPS) is 10.3. The summed E-state index contributed by atoms with van der Waals surface area (Å²) < 4.78 is 19.6. The van der Waals surface area contributed by atoms with Crippen LogP contribution < -0.4 is 15.4 Å². The van der Waals surface area contributed by atoms with Gasteiger partial charge in [0.25, 0.3) is 0 Å². The molecule has 112 valence electrons. The molecule has 1 aromatic carbocycles. The highest BCUT2D eigenvalue weighted by atomic mass is 79.9. The quantitative estimate of drug-likeness (QED) is 0.822. The molecule has 0 aliphatic carbocycles. The third-order valence-electron chi connectivity index (χ3n) is 2.70. The number of hydrogen-bond donors (Lipinski definition) is 2. The molecule has 5 nitrogen and oxygen atoms in total. The molecule has 0 fully saturated rings. The predicted octanol–water partition coefficient (Wildman–Crippen LogP) is 3.95.